The molecule has 0 spiro atoms. The van der Waals surface area contributed by atoms with Crippen LogP contribution in [0, 0.1) is 11.3 Å². The molecule has 3 rings (SSSR count). The predicted octanol–water partition coefficient (Wildman–Crippen LogP) is 3.20. The van der Waals surface area contributed by atoms with Gasteiger partial charge in [-0.3, -0.25) is 4.21 Å². The third-order valence-corrected chi connectivity index (χ3v) is 4.36. The van der Waals surface area contributed by atoms with Gasteiger partial charge in [-0.15, -0.1) is 0 Å². The van der Waals surface area contributed by atoms with Crippen LogP contribution >= 0.6 is 0 Å². The zero-order valence-corrected chi connectivity index (χ0v) is 13.1. The molecule has 2 N–H and O–H groups in total. The van der Waals surface area contributed by atoms with Gasteiger partial charge in [-0.2, -0.15) is 5.26 Å². The standard InChI is InChI=1S/C17H13N3O2S/c1-23(21)13-6-4-11(5-7-13)14-9-12(10-18)17(19)20-16(14)15-3-2-8-22-15/h2-9H,1H3,(H2,19,20). The summed E-state index contributed by atoms with van der Waals surface area (Å²) in [7, 11) is -1.04. The molecule has 0 amide bonds. The molecule has 0 saturated heterocycles. The lowest BCUT2D eigenvalue weighted by Gasteiger charge is -2.10. The monoisotopic (exact) mass is 323 g/mol. The third kappa shape index (κ3) is 2.87. The van der Waals surface area contributed by atoms with Crippen molar-refractivity contribution >= 4 is 16.6 Å². The number of pyridine rings is 1. The SMILES string of the molecule is CS(=O)c1ccc(-c2cc(C#N)c(N)nc2-c2ccco2)cc1. The Labute approximate surface area is 135 Å². The zero-order valence-electron chi connectivity index (χ0n) is 12.3. The summed E-state index contributed by atoms with van der Waals surface area (Å²) >= 11 is 0. The second-order valence-electron chi connectivity index (χ2n) is 4.88. The minimum Gasteiger partial charge on any atom is -0.463 e. The van der Waals surface area contributed by atoms with Crippen molar-refractivity contribution in [3.8, 4) is 28.7 Å². The van der Waals surface area contributed by atoms with Crippen molar-refractivity contribution in [3.63, 3.8) is 0 Å². The van der Waals surface area contributed by atoms with E-state index >= 15 is 0 Å². The van der Waals surface area contributed by atoms with Crippen molar-refractivity contribution in [2.75, 3.05) is 12.0 Å². The molecule has 23 heavy (non-hydrogen) atoms. The Morgan fingerprint density at radius 3 is 2.57 bits per heavy atom. The van der Waals surface area contributed by atoms with Crippen LogP contribution in [-0.4, -0.2) is 15.4 Å². The van der Waals surface area contributed by atoms with E-state index in [0.717, 1.165) is 16.0 Å². The Hall–Kier alpha value is -2.91. The maximum absolute atomic E-state index is 11.5. The van der Waals surface area contributed by atoms with E-state index in [0.29, 0.717) is 17.0 Å². The molecule has 2 aromatic heterocycles. The molecule has 2 heterocycles. The van der Waals surface area contributed by atoms with E-state index in [-0.39, 0.29) is 5.82 Å². The molecule has 0 bridgehead atoms. The van der Waals surface area contributed by atoms with E-state index in [9.17, 15) is 9.47 Å². The highest BCUT2D eigenvalue weighted by molar-refractivity contribution is 7.84. The van der Waals surface area contributed by atoms with E-state index in [2.05, 4.69) is 4.98 Å². The molecular weight excluding hydrogens is 310 g/mol. The average Bonchev–Trinajstić information content (AvgIpc) is 3.09. The van der Waals surface area contributed by atoms with Crippen LogP contribution in [0.15, 0.2) is 58.0 Å². The summed E-state index contributed by atoms with van der Waals surface area (Å²) in [5.74, 6) is 0.730. The van der Waals surface area contributed by atoms with Gasteiger partial charge in [0.05, 0.1) is 11.8 Å². The van der Waals surface area contributed by atoms with Gasteiger partial charge in [0, 0.05) is 27.5 Å². The fourth-order valence-corrected chi connectivity index (χ4v) is 2.78. The highest BCUT2D eigenvalue weighted by Gasteiger charge is 2.15. The third-order valence-electron chi connectivity index (χ3n) is 3.42. The Kier molecular flexibility index (Phi) is 3.96. The molecular formula is C17H13N3O2S. The molecule has 5 nitrogen and oxygen atoms in total. The van der Waals surface area contributed by atoms with E-state index in [1.165, 1.54) is 0 Å². The Morgan fingerprint density at radius 2 is 2.00 bits per heavy atom. The first-order valence-electron chi connectivity index (χ1n) is 6.78. The van der Waals surface area contributed by atoms with Gasteiger partial charge in [0.25, 0.3) is 0 Å². The molecule has 0 aliphatic heterocycles. The largest absolute Gasteiger partial charge is 0.463 e. The van der Waals surface area contributed by atoms with Crippen LogP contribution in [0.2, 0.25) is 0 Å². The minimum absolute atomic E-state index is 0.161. The Bertz CT molecular complexity index is 910. The van der Waals surface area contributed by atoms with Crippen LogP contribution in [0.4, 0.5) is 5.82 Å². The molecule has 114 valence electrons. The summed E-state index contributed by atoms with van der Waals surface area (Å²) in [4.78, 5) is 5.06. The number of nitrogens with zero attached hydrogens (tertiary/aromatic N) is 2. The van der Waals surface area contributed by atoms with E-state index in [1.807, 2.05) is 18.2 Å². The summed E-state index contributed by atoms with van der Waals surface area (Å²) < 4.78 is 16.9. The first kappa shape index (κ1) is 15.0. The number of hydrogen-bond donors (Lipinski definition) is 1. The van der Waals surface area contributed by atoms with E-state index in [4.69, 9.17) is 10.2 Å². The minimum atomic E-state index is -1.04. The quantitative estimate of drug-likeness (QED) is 0.799. The predicted molar refractivity (Wildman–Crippen MR) is 88.8 cm³/mol. The number of hydrogen-bond acceptors (Lipinski definition) is 5. The van der Waals surface area contributed by atoms with Crippen LogP contribution in [-0.2, 0) is 10.8 Å². The average molecular weight is 323 g/mol. The van der Waals surface area contributed by atoms with Crippen LogP contribution in [0.3, 0.4) is 0 Å². The molecule has 1 atom stereocenters. The first-order valence-corrected chi connectivity index (χ1v) is 8.34. The first-order chi connectivity index (χ1) is 11.1. The van der Waals surface area contributed by atoms with Gasteiger partial charge in [-0.1, -0.05) is 12.1 Å². The van der Waals surface area contributed by atoms with Crippen LogP contribution in [0.1, 0.15) is 5.56 Å². The van der Waals surface area contributed by atoms with Gasteiger partial charge in [-0.05, 0) is 35.9 Å². The molecule has 1 unspecified atom stereocenters. The van der Waals surface area contributed by atoms with Crippen molar-refractivity contribution < 1.29 is 8.63 Å². The lowest BCUT2D eigenvalue weighted by atomic mass is 10.0. The topological polar surface area (TPSA) is 92.9 Å². The number of nitrogen functional groups attached to an aromatic ring is 1. The fourth-order valence-electron chi connectivity index (χ4n) is 2.26. The summed E-state index contributed by atoms with van der Waals surface area (Å²) in [6.07, 6.45) is 3.18. The summed E-state index contributed by atoms with van der Waals surface area (Å²) in [6, 6.07) is 14.6. The number of nitrogens with two attached hydrogens (primary N) is 1. The van der Waals surface area contributed by atoms with Gasteiger partial charge in [-0.25, -0.2) is 4.98 Å². The molecule has 1 aromatic carbocycles. The number of nitriles is 1. The molecule has 0 saturated carbocycles. The second-order valence-corrected chi connectivity index (χ2v) is 6.26. The van der Waals surface area contributed by atoms with Crippen LogP contribution in [0.25, 0.3) is 22.6 Å². The van der Waals surface area contributed by atoms with Crippen molar-refractivity contribution in [1.82, 2.24) is 4.98 Å². The van der Waals surface area contributed by atoms with Crippen LogP contribution < -0.4 is 5.73 Å². The highest BCUT2D eigenvalue weighted by Crippen LogP contribution is 2.33. The molecule has 3 aromatic rings. The number of aromatic nitrogens is 1. The lowest BCUT2D eigenvalue weighted by Crippen LogP contribution is -1.99. The maximum atomic E-state index is 11.5. The summed E-state index contributed by atoms with van der Waals surface area (Å²) in [5.41, 5.74) is 8.28. The van der Waals surface area contributed by atoms with Crippen LogP contribution in [0.5, 0.6) is 0 Å². The molecule has 0 aliphatic carbocycles. The highest BCUT2D eigenvalue weighted by atomic mass is 32.2. The van der Waals surface area contributed by atoms with Crippen molar-refractivity contribution in [2.45, 2.75) is 4.90 Å². The smallest absolute Gasteiger partial charge is 0.152 e. The van der Waals surface area contributed by atoms with Crippen molar-refractivity contribution in [3.05, 3.63) is 54.3 Å². The number of benzene rings is 1. The zero-order chi connectivity index (χ0) is 16.4. The summed E-state index contributed by atoms with van der Waals surface area (Å²) in [6.45, 7) is 0. The Balaban J connectivity index is 2.20. The van der Waals surface area contributed by atoms with Gasteiger partial charge in [0.1, 0.15) is 17.6 Å². The number of anilines is 1. The molecule has 0 radical (unpaired) electrons. The summed E-state index contributed by atoms with van der Waals surface area (Å²) in [5, 5.41) is 9.19. The number of rotatable bonds is 3. The van der Waals surface area contributed by atoms with Crippen molar-refractivity contribution in [1.29, 1.82) is 5.26 Å². The van der Waals surface area contributed by atoms with E-state index in [1.54, 1.807) is 42.9 Å². The van der Waals surface area contributed by atoms with Gasteiger partial charge in [0.15, 0.2) is 5.76 Å². The second kappa shape index (κ2) is 6.07. The lowest BCUT2D eigenvalue weighted by molar-refractivity contribution is 0.580. The van der Waals surface area contributed by atoms with E-state index < -0.39 is 10.8 Å². The molecule has 6 heteroatoms. The van der Waals surface area contributed by atoms with Gasteiger partial charge in [0.2, 0.25) is 0 Å². The molecule has 0 fully saturated rings. The number of furan rings is 1. The maximum Gasteiger partial charge on any atom is 0.152 e. The Morgan fingerprint density at radius 1 is 1.26 bits per heavy atom. The fraction of sp³-hybridized carbons (Fsp3) is 0.0588. The van der Waals surface area contributed by atoms with Gasteiger partial charge < -0.3 is 10.2 Å². The van der Waals surface area contributed by atoms with Crippen molar-refractivity contribution in [2.24, 2.45) is 0 Å². The molecule has 0 aliphatic rings. The van der Waals surface area contributed by atoms with Gasteiger partial charge >= 0.3 is 0 Å². The normalized spacial score (nSPS) is 11.8.